The van der Waals surface area contributed by atoms with Crippen molar-refractivity contribution in [1.29, 1.82) is 0 Å². The summed E-state index contributed by atoms with van der Waals surface area (Å²) in [4.78, 5) is 9.90. The maximum absolute atomic E-state index is 4.50. The Bertz CT molecular complexity index is 447. The Balaban J connectivity index is 1.74. The molecule has 17 heavy (non-hydrogen) atoms. The van der Waals surface area contributed by atoms with E-state index in [0.29, 0.717) is 0 Å². The number of thiazole rings is 1. The van der Waals surface area contributed by atoms with E-state index in [1.165, 1.54) is 4.88 Å². The molecule has 5 heteroatoms. The number of imidazole rings is 1. The average molecular weight is 250 g/mol. The highest BCUT2D eigenvalue weighted by molar-refractivity contribution is 7.15. The standard InChI is InChI=1S/C12H18N4S/c1-3-11-10(2)15-12(17-11)14-5-4-7-16-8-6-13-9-16/h6,8-9H,3-5,7H2,1-2H3,(H,14,15). The fraction of sp³-hybridized carbons (Fsp3) is 0.500. The summed E-state index contributed by atoms with van der Waals surface area (Å²) in [5, 5.41) is 4.42. The summed E-state index contributed by atoms with van der Waals surface area (Å²) in [6.07, 6.45) is 7.80. The van der Waals surface area contributed by atoms with E-state index in [0.717, 1.165) is 36.8 Å². The normalized spacial score (nSPS) is 10.7. The third-order valence-electron chi connectivity index (χ3n) is 2.64. The van der Waals surface area contributed by atoms with Crippen molar-refractivity contribution in [3.8, 4) is 0 Å². The molecule has 1 N–H and O–H groups in total. The number of aryl methyl sites for hydroxylation is 3. The summed E-state index contributed by atoms with van der Waals surface area (Å²) in [5.41, 5.74) is 1.16. The topological polar surface area (TPSA) is 42.7 Å². The van der Waals surface area contributed by atoms with Crippen LogP contribution >= 0.6 is 11.3 Å². The molecule has 92 valence electrons. The van der Waals surface area contributed by atoms with Crippen molar-refractivity contribution < 1.29 is 0 Å². The number of hydrogen-bond donors (Lipinski definition) is 1. The van der Waals surface area contributed by atoms with Gasteiger partial charge < -0.3 is 9.88 Å². The zero-order valence-corrected chi connectivity index (χ0v) is 11.1. The van der Waals surface area contributed by atoms with E-state index in [4.69, 9.17) is 0 Å². The van der Waals surface area contributed by atoms with E-state index >= 15 is 0 Å². The van der Waals surface area contributed by atoms with Crippen LogP contribution in [0.1, 0.15) is 23.9 Å². The summed E-state index contributed by atoms with van der Waals surface area (Å²) < 4.78 is 2.09. The summed E-state index contributed by atoms with van der Waals surface area (Å²) in [6, 6.07) is 0. The van der Waals surface area contributed by atoms with Gasteiger partial charge in [-0.25, -0.2) is 9.97 Å². The van der Waals surface area contributed by atoms with Crippen molar-refractivity contribution in [2.45, 2.75) is 33.2 Å². The number of hydrogen-bond acceptors (Lipinski definition) is 4. The van der Waals surface area contributed by atoms with Crippen molar-refractivity contribution in [3.63, 3.8) is 0 Å². The second-order valence-corrected chi connectivity index (χ2v) is 5.05. The minimum Gasteiger partial charge on any atom is -0.361 e. The summed E-state index contributed by atoms with van der Waals surface area (Å²) in [6.45, 7) is 6.20. The Morgan fingerprint density at radius 3 is 3.00 bits per heavy atom. The highest BCUT2D eigenvalue weighted by Crippen LogP contribution is 2.22. The Morgan fingerprint density at radius 2 is 2.35 bits per heavy atom. The number of nitrogens with one attached hydrogen (secondary N) is 1. The van der Waals surface area contributed by atoms with Crippen LogP contribution in [0.15, 0.2) is 18.7 Å². The largest absolute Gasteiger partial charge is 0.361 e. The zero-order valence-electron chi connectivity index (χ0n) is 10.3. The highest BCUT2D eigenvalue weighted by atomic mass is 32.1. The lowest BCUT2D eigenvalue weighted by Gasteiger charge is -2.03. The van der Waals surface area contributed by atoms with E-state index in [-0.39, 0.29) is 0 Å². The molecule has 0 aliphatic rings. The monoisotopic (exact) mass is 250 g/mol. The summed E-state index contributed by atoms with van der Waals surface area (Å²) >= 11 is 1.77. The average Bonchev–Trinajstić information content (AvgIpc) is 2.94. The first-order chi connectivity index (χ1) is 8.29. The van der Waals surface area contributed by atoms with Gasteiger partial charge in [-0.15, -0.1) is 11.3 Å². The molecule has 0 aromatic carbocycles. The van der Waals surface area contributed by atoms with Gasteiger partial charge in [0.15, 0.2) is 5.13 Å². The lowest BCUT2D eigenvalue weighted by Crippen LogP contribution is -2.05. The van der Waals surface area contributed by atoms with Gasteiger partial charge in [-0.1, -0.05) is 6.92 Å². The maximum atomic E-state index is 4.50. The Hall–Kier alpha value is -1.36. The highest BCUT2D eigenvalue weighted by Gasteiger charge is 2.04. The summed E-state index contributed by atoms with van der Waals surface area (Å²) in [7, 11) is 0. The van der Waals surface area contributed by atoms with Crippen molar-refractivity contribution in [1.82, 2.24) is 14.5 Å². The van der Waals surface area contributed by atoms with Gasteiger partial charge in [0.05, 0.1) is 12.0 Å². The van der Waals surface area contributed by atoms with Crippen LogP contribution in [0.3, 0.4) is 0 Å². The number of anilines is 1. The molecular weight excluding hydrogens is 232 g/mol. The molecule has 0 spiro atoms. The van der Waals surface area contributed by atoms with Gasteiger partial charge in [0.2, 0.25) is 0 Å². The van der Waals surface area contributed by atoms with E-state index < -0.39 is 0 Å². The van der Waals surface area contributed by atoms with Crippen molar-refractivity contribution in [3.05, 3.63) is 29.3 Å². The van der Waals surface area contributed by atoms with E-state index in [1.807, 2.05) is 18.7 Å². The fourth-order valence-corrected chi connectivity index (χ4v) is 2.64. The van der Waals surface area contributed by atoms with Crippen LogP contribution in [-0.4, -0.2) is 21.1 Å². The SMILES string of the molecule is CCc1sc(NCCCn2ccnc2)nc1C. The van der Waals surface area contributed by atoms with Crippen molar-refractivity contribution in [2.75, 3.05) is 11.9 Å². The molecule has 0 aliphatic carbocycles. The van der Waals surface area contributed by atoms with Gasteiger partial charge in [0.1, 0.15) is 0 Å². The number of rotatable bonds is 6. The predicted molar refractivity (Wildman–Crippen MR) is 71.6 cm³/mol. The molecule has 0 atom stereocenters. The minimum absolute atomic E-state index is 0.953. The van der Waals surface area contributed by atoms with Crippen LogP contribution in [0, 0.1) is 6.92 Å². The van der Waals surface area contributed by atoms with Gasteiger partial charge in [-0.3, -0.25) is 0 Å². The third-order valence-corrected chi connectivity index (χ3v) is 3.90. The lowest BCUT2D eigenvalue weighted by atomic mass is 10.3. The van der Waals surface area contributed by atoms with Gasteiger partial charge in [-0.2, -0.15) is 0 Å². The maximum Gasteiger partial charge on any atom is 0.183 e. The predicted octanol–water partition coefficient (Wildman–Crippen LogP) is 2.71. The second kappa shape index (κ2) is 5.82. The van der Waals surface area contributed by atoms with Gasteiger partial charge in [-0.05, 0) is 19.8 Å². The number of aromatic nitrogens is 3. The van der Waals surface area contributed by atoms with Crippen LogP contribution < -0.4 is 5.32 Å². The van der Waals surface area contributed by atoms with Crippen molar-refractivity contribution >= 4 is 16.5 Å². The Morgan fingerprint density at radius 1 is 1.47 bits per heavy atom. The summed E-state index contributed by atoms with van der Waals surface area (Å²) in [5.74, 6) is 0. The molecule has 0 saturated heterocycles. The molecule has 4 nitrogen and oxygen atoms in total. The molecule has 2 rings (SSSR count). The molecule has 2 heterocycles. The quantitative estimate of drug-likeness (QED) is 0.802. The third kappa shape index (κ3) is 3.30. The Labute approximate surface area is 106 Å². The molecule has 0 fully saturated rings. The van der Waals surface area contributed by atoms with Crippen LogP contribution in [0.25, 0.3) is 0 Å². The van der Waals surface area contributed by atoms with Crippen molar-refractivity contribution in [2.24, 2.45) is 0 Å². The van der Waals surface area contributed by atoms with Gasteiger partial charge >= 0.3 is 0 Å². The first kappa shape index (κ1) is 12.1. The number of nitrogens with zero attached hydrogens (tertiary/aromatic N) is 3. The van der Waals surface area contributed by atoms with E-state index in [2.05, 4.69) is 33.7 Å². The Kier molecular flexibility index (Phi) is 4.14. The van der Waals surface area contributed by atoms with Gasteiger partial charge in [0.25, 0.3) is 0 Å². The smallest absolute Gasteiger partial charge is 0.183 e. The van der Waals surface area contributed by atoms with Crippen LogP contribution in [0.4, 0.5) is 5.13 Å². The van der Waals surface area contributed by atoms with Gasteiger partial charge in [0, 0.05) is 30.4 Å². The second-order valence-electron chi connectivity index (χ2n) is 3.96. The van der Waals surface area contributed by atoms with Crippen LogP contribution in [-0.2, 0) is 13.0 Å². The molecule has 0 bridgehead atoms. The van der Waals surface area contributed by atoms with Crippen LogP contribution in [0.5, 0.6) is 0 Å². The molecule has 0 aliphatic heterocycles. The molecule has 0 saturated carbocycles. The van der Waals surface area contributed by atoms with E-state index in [1.54, 1.807) is 11.3 Å². The molecule has 2 aromatic rings. The van der Waals surface area contributed by atoms with Crippen LogP contribution in [0.2, 0.25) is 0 Å². The zero-order chi connectivity index (χ0) is 12.1. The molecule has 0 unspecified atom stereocenters. The molecule has 0 amide bonds. The first-order valence-corrected chi connectivity index (χ1v) is 6.77. The molecule has 0 radical (unpaired) electrons. The molecule has 2 aromatic heterocycles. The minimum atomic E-state index is 0.953. The lowest BCUT2D eigenvalue weighted by molar-refractivity contribution is 0.660. The fourth-order valence-electron chi connectivity index (χ4n) is 1.71. The first-order valence-electron chi connectivity index (χ1n) is 5.95. The molecular formula is C12H18N4S. The van der Waals surface area contributed by atoms with E-state index in [9.17, 15) is 0 Å².